The highest BCUT2D eigenvalue weighted by Crippen LogP contribution is 2.46. The van der Waals surface area contributed by atoms with Gasteiger partial charge in [-0.1, -0.05) is 11.6 Å². The van der Waals surface area contributed by atoms with Gasteiger partial charge in [-0.2, -0.15) is 10.2 Å². The number of rotatable bonds is 2. The Bertz CT molecular complexity index is 1280. The number of benzene rings is 2. The minimum atomic E-state index is -0.682. The average molecular weight is 476 g/mol. The zero-order valence-corrected chi connectivity index (χ0v) is 18.9. The minimum Gasteiger partial charge on any atom is -0.353 e. The first-order valence-electron chi connectivity index (χ1n) is 10.1. The number of aromatic nitrogens is 2. The van der Waals surface area contributed by atoms with E-state index in [2.05, 4.69) is 15.2 Å². The van der Waals surface area contributed by atoms with E-state index in [0.29, 0.717) is 28.7 Å². The topological polar surface area (TPSA) is 73.9 Å². The highest BCUT2D eigenvalue weighted by atomic mass is 35.5. The summed E-state index contributed by atoms with van der Waals surface area (Å²) < 4.78 is 29.7. The molecule has 3 heterocycles. The molecule has 0 aliphatic carbocycles. The van der Waals surface area contributed by atoms with Crippen LogP contribution in [0.4, 0.5) is 14.6 Å². The lowest BCUT2D eigenvalue weighted by Crippen LogP contribution is -2.45. The maximum atomic E-state index is 14.6. The summed E-state index contributed by atoms with van der Waals surface area (Å²) in [7, 11) is 0. The Labute approximate surface area is 192 Å². The second kappa shape index (κ2) is 9.45. The molecule has 3 aromatic rings. The van der Waals surface area contributed by atoms with Gasteiger partial charge in [0.15, 0.2) is 0 Å². The van der Waals surface area contributed by atoms with E-state index in [1.165, 1.54) is 30.8 Å². The molecule has 1 N–H and O–H groups in total. The maximum Gasteiger partial charge on any atom is 0.350 e. The molecule has 0 bridgehead atoms. The molecular formula is C22H20ClF2N5OS. The van der Waals surface area contributed by atoms with Gasteiger partial charge in [0.1, 0.15) is 17.5 Å². The van der Waals surface area contributed by atoms with E-state index in [9.17, 15) is 13.6 Å². The summed E-state index contributed by atoms with van der Waals surface area (Å²) >= 11 is 8.17. The van der Waals surface area contributed by atoms with Crippen LogP contribution in [0.1, 0.15) is 6.92 Å². The van der Waals surface area contributed by atoms with Gasteiger partial charge in [-0.25, -0.2) is 13.6 Å². The van der Waals surface area contributed by atoms with E-state index in [4.69, 9.17) is 16.9 Å². The Balaban J connectivity index is 0.000000775. The summed E-state index contributed by atoms with van der Waals surface area (Å²) in [6, 6.07) is 6.96. The first kappa shape index (κ1) is 22.5. The number of nitriles is 1. The monoisotopic (exact) mass is 475 g/mol. The summed E-state index contributed by atoms with van der Waals surface area (Å²) in [5, 5.41) is 11.7. The Morgan fingerprint density at radius 3 is 2.62 bits per heavy atom. The molecule has 2 aliphatic rings. The average Bonchev–Trinajstić information content (AvgIpc) is 2.78. The molecule has 1 aromatic heterocycles. The molecule has 2 aromatic carbocycles. The number of nitrogens with one attached hydrogen (secondary N) is 1. The van der Waals surface area contributed by atoms with E-state index in [1.807, 2.05) is 0 Å². The van der Waals surface area contributed by atoms with Crippen LogP contribution in [-0.4, -0.2) is 41.5 Å². The molecule has 0 amide bonds. The van der Waals surface area contributed by atoms with Gasteiger partial charge in [0, 0.05) is 72.9 Å². The molecule has 10 heteroatoms. The van der Waals surface area contributed by atoms with E-state index in [1.54, 1.807) is 16.7 Å². The van der Waals surface area contributed by atoms with Crippen molar-refractivity contribution in [3.63, 3.8) is 0 Å². The molecule has 0 saturated carbocycles. The third-order valence-electron chi connectivity index (χ3n) is 5.33. The van der Waals surface area contributed by atoms with Gasteiger partial charge in [-0.3, -0.25) is 4.57 Å². The van der Waals surface area contributed by atoms with E-state index in [0.717, 1.165) is 48.0 Å². The van der Waals surface area contributed by atoms with Gasteiger partial charge in [-0.05, 0) is 18.2 Å². The van der Waals surface area contributed by atoms with E-state index >= 15 is 0 Å². The smallest absolute Gasteiger partial charge is 0.350 e. The van der Waals surface area contributed by atoms with Crippen molar-refractivity contribution in [2.45, 2.75) is 18.4 Å². The van der Waals surface area contributed by atoms with Gasteiger partial charge in [-0.15, -0.1) is 11.8 Å². The number of hydrogen-bond acceptors (Lipinski definition) is 6. The Morgan fingerprint density at radius 1 is 1.22 bits per heavy atom. The molecule has 1 saturated heterocycles. The number of halogens is 3. The second-order valence-electron chi connectivity index (χ2n) is 7.26. The zero-order chi connectivity index (χ0) is 22.8. The van der Waals surface area contributed by atoms with Crippen molar-refractivity contribution in [1.82, 2.24) is 14.9 Å². The number of anilines is 1. The first-order valence-corrected chi connectivity index (χ1v) is 11.4. The van der Waals surface area contributed by atoms with E-state index in [-0.39, 0.29) is 11.3 Å². The predicted molar refractivity (Wildman–Crippen MR) is 123 cm³/mol. The van der Waals surface area contributed by atoms with Crippen molar-refractivity contribution in [2.24, 2.45) is 0 Å². The van der Waals surface area contributed by atoms with Crippen molar-refractivity contribution in [3.05, 3.63) is 51.4 Å². The lowest BCUT2D eigenvalue weighted by atomic mass is 10.0. The highest BCUT2D eigenvalue weighted by Gasteiger charge is 2.27. The summed E-state index contributed by atoms with van der Waals surface area (Å²) in [4.78, 5) is 20.0. The quantitative estimate of drug-likeness (QED) is 0.603. The zero-order valence-electron chi connectivity index (χ0n) is 17.3. The summed E-state index contributed by atoms with van der Waals surface area (Å²) in [5.41, 5.74) is 1.12. The van der Waals surface area contributed by atoms with Gasteiger partial charge >= 0.3 is 5.69 Å². The number of nitrogens with zero attached hydrogens (tertiary/aromatic N) is 4. The van der Waals surface area contributed by atoms with Crippen LogP contribution in [0.3, 0.4) is 0 Å². The number of thioether (sulfide) groups is 1. The van der Waals surface area contributed by atoms with Crippen LogP contribution in [0.5, 0.6) is 0 Å². The van der Waals surface area contributed by atoms with Crippen LogP contribution < -0.4 is 15.9 Å². The van der Waals surface area contributed by atoms with Crippen molar-refractivity contribution < 1.29 is 8.78 Å². The summed E-state index contributed by atoms with van der Waals surface area (Å²) in [6.07, 6.45) is 0. The molecule has 0 radical (unpaired) electrons. The second-order valence-corrected chi connectivity index (χ2v) is 8.77. The van der Waals surface area contributed by atoms with Gasteiger partial charge in [0.25, 0.3) is 0 Å². The normalized spacial score (nSPS) is 15.2. The van der Waals surface area contributed by atoms with Crippen molar-refractivity contribution in [3.8, 4) is 17.2 Å². The largest absolute Gasteiger partial charge is 0.353 e. The molecule has 32 heavy (non-hydrogen) atoms. The van der Waals surface area contributed by atoms with Crippen LogP contribution >= 0.6 is 23.4 Å². The van der Waals surface area contributed by atoms with E-state index < -0.39 is 11.6 Å². The molecule has 166 valence electrons. The molecule has 0 spiro atoms. The molecule has 6 nitrogen and oxygen atoms in total. The van der Waals surface area contributed by atoms with Crippen LogP contribution in [0.2, 0.25) is 5.02 Å². The maximum absolute atomic E-state index is 14.6. The molecule has 5 rings (SSSR count). The molecule has 1 fully saturated rings. The van der Waals surface area contributed by atoms with Gasteiger partial charge in [0.05, 0.1) is 16.6 Å². The third-order valence-corrected chi connectivity index (χ3v) is 6.70. The van der Waals surface area contributed by atoms with Crippen molar-refractivity contribution >= 4 is 40.1 Å². The van der Waals surface area contributed by atoms with Gasteiger partial charge < -0.3 is 10.2 Å². The molecule has 0 atom stereocenters. The molecular weight excluding hydrogens is 456 g/mol. The standard InChI is InChI=1S/C20H17ClF2N4OS.C2H3N/c21-14-10-13-17-18(16(14)12-2-1-11(22)9-15(12)23)29-8-7-27(17)20(28)25-19(13)26-5-3-24-4-6-26;1-2-3/h1-2,9-10,24H,3-8H2;1H3. The van der Waals surface area contributed by atoms with Crippen molar-refractivity contribution in [2.75, 3.05) is 36.8 Å². The third kappa shape index (κ3) is 4.06. The van der Waals surface area contributed by atoms with Crippen molar-refractivity contribution in [1.29, 1.82) is 5.26 Å². The fourth-order valence-electron chi connectivity index (χ4n) is 4.01. The molecule has 0 unspecified atom stereocenters. The van der Waals surface area contributed by atoms with Crippen LogP contribution in [0.15, 0.2) is 34.0 Å². The Kier molecular flexibility index (Phi) is 6.65. The molecule has 2 aliphatic heterocycles. The first-order chi connectivity index (χ1) is 15.5. The lowest BCUT2D eigenvalue weighted by molar-refractivity contribution is 0.583. The van der Waals surface area contributed by atoms with Gasteiger partial charge in [0.2, 0.25) is 0 Å². The highest BCUT2D eigenvalue weighted by molar-refractivity contribution is 7.99. The number of piperazine rings is 1. The number of aryl methyl sites for hydroxylation is 1. The lowest BCUT2D eigenvalue weighted by Gasteiger charge is -2.31. The fourth-order valence-corrected chi connectivity index (χ4v) is 5.57. The number of hydrogen-bond donors (Lipinski definition) is 1. The minimum absolute atomic E-state index is 0.224. The van der Waals surface area contributed by atoms with Crippen LogP contribution in [0, 0.1) is 23.0 Å². The summed E-state index contributed by atoms with van der Waals surface area (Å²) in [6.45, 7) is 5.04. The van der Waals surface area contributed by atoms with Crippen LogP contribution in [0.25, 0.3) is 22.0 Å². The fraction of sp³-hybridized carbons (Fsp3) is 0.318. The summed E-state index contributed by atoms with van der Waals surface area (Å²) in [5.74, 6) is -0.0719. The Morgan fingerprint density at radius 2 is 1.94 bits per heavy atom. The predicted octanol–water partition coefficient (Wildman–Crippen LogP) is 4.04. The SMILES string of the molecule is CC#N.O=c1nc(N2CCNCC2)c2cc(Cl)c(-c3ccc(F)cc3F)c3c2n1CCS3. The Hall–Kier alpha value is -2.67. The van der Waals surface area contributed by atoms with Crippen LogP contribution in [-0.2, 0) is 6.54 Å².